The monoisotopic (exact) mass is 422 g/mol. The maximum absolute atomic E-state index is 12.6. The van der Waals surface area contributed by atoms with E-state index in [-0.39, 0.29) is 17.4 Å². The van der Waals surface area contributed by atoms with Crippen LogP contribution in [-0.2, 0) is 14.8 Å². The van der Waals surface area contributed by atoms with Crippen LogP contribution in [0.25, 0.3) is 0 Å². The Kier molecular flexibility index (Phi) is 6.59. The summed E-state index contributed by atoms with van der Waals surface area (Å²) in [5.74, 6) is 0.0969. The predicted octanol–water partition coefficient (Wildman–Crippen LogP) is 3.84. The van der Waals surface area contributed by atoms with Crippen molar-refractivity contribution in [2.45, 2.75) is 31.1 Å². The standard InChI is InChI=1S/C20H23ClN2O4S/c1-15-5-6-16(13-19(15)21)22-20(24)14-27-17-7-9-18(10-8-17)28(25,26)23-11-3-2-4-12-23/h5-10,13H,2-4,11-12,14H2,1H3,(H,22,24). The SMILES string of the molecule is Cc1ccc(NC(=O)COc2ccc(S(=O)(=O)N3CCCCC3)cc2)cc1Cl. The normalized spacial score (nSPS) is 15.2. The summed E-state index contributed by atoms with van der Waals surface area (Å²) >= 11 is 6.04. The molecule has 2 aromatic carbocycles. The number of sulfonamides is 1. The summed E-state index contributed by atoms with van der Waals surface area (Å²) in [5.41, 5.74) is 1.52. The van der Waals surface area contributed by atoms with Gasteiger partial charge in [0.05, 0.1) is 4.90 Å². The third-order valence-corrected chi connectivity index (χ3v) is 6.92. The van der Waals surface area contributed by atoms with Crippen molar-refractivity contribution in [1.82, 2.24) is 4.31 Å². The Morgan fingerprint density at radius 3 is 2.43 bits per heavy atom. The zero-order valence-electron chi connectivity index (χ0n) is 15.7. The van der Waals surface area contributed by atoms with Gasteiger partial charge >= 0.3 is 0 Å². The molecule has 3 rings (SSSR count). The van der Waals surface area contributed by atoms with Crippen molar-refractivity contribution in [1.29, 1.82) is 0 Å². The fourth-order valence-electron chi connectivity index (χ4n) is 2.98. The molecule has 0 aromatic heterocycles. The van der Waals surface area contributed by atoms with Gasteiger partial charge in [-0.25, -0.2) is 8.42 Å². The Labute approximate surface area is 170 Å². The lowest BCUT2D eigenvalue weighted by atomic mass is 10.2. The van der Waals surface area contributed by atoms with Crippen LogP contribution < -0.4 is 10.1 Å². The molecular weight excluding hydrogens is 400 g/mol. The van der Waals surface area contributed by atoms with Gasteiger partial charge in [0.15, 0.2) is 6.61 Å². The fraction of sp³-hybridized carbons (Fsp3) is 0.350. The average Bonchev–Trinajstić information content (AvgIpc) is 2.70. The fourth-order valence-corrected chi connectivity index (χ4v) is 4.68. The molecule has 6 nitrogen and oxygen atoms in total. The molecule has 8 heteroatoms. The lowest BCUT2D eigenvalue weighted by Gasteiger charge is -2.25. The van der Waals surface area contributed by atoms with Crippen molar-refractivity contribution in [2.24, 2.45) is 0 Å². The number of nitrogens with one attached hydrogen (secondary N) is 1. The zero-order valence-corrected chi connectivity index (χ0v) is 17.2. The van der Waals surface area contributed by atoms with Crippen molar-refractivity contribution in [3.8, 4) is 5.75 Å². The summed E-state index contributed by atoms with van der Waals surface area (Å²) in [7, 11) is -3.47. The smallest absolute Gasteiger partial charge is 0.262 e. The maximum atomic E-state index is 12.6. The van der Waals surface area contributed by atoms with E-state index in [1.54, 1.807) is 24.3 Å². The Bertz CT molecular complexity index is 939. The van der Waals surface area contributed by atoms with Gasteiger partial charge in [-0.2, -0.15) is 4.31 Å². The Balaban J connectivity index is 1.56. The van der Waals surface area contributed by atoms with Gasteiger partial charge in [-0.15, -0.1) is 0 Å². The number of rotatable bonds is 6. The molecule has 0 radical (unpaired) electrons. The minimum atomic E-state index is -3.47. The molecule has 0 unspecified atom stereocenters. The second-order valence-corrected chi connectivity index (χ2v) is 9.08. The van der Waals surface area contributed by atoms with Crippen LogP contribution in [-0.4, -0.2) is 38.3 Å². The van der Waals surface area contributed by atoms with Crippen LogP contribution in [0.4, 0.5) is 5.69 Å². The molecule has 0 atom stereocenters. The van der Waals surface area contributed by atoms with Crippen LogP contribution in [0.1, 0.15) is 24.8 Å². The molecule has 1 aliphatic rings. The number of piperidine rings is 1. The highest BCUT2D eigenvalue weighted by Gasteiger charge is 2.25. The number of anilines is 1. The van der Waals surface area contributed by atoms with Gasteiger partial charge < -0.3 is 10.1 Å². The van der Waals surface area contributed by atoms with Crippen LogP contribution in [0.15, 0.2) is 47.4 Å². The number of amides is 1. The van der Waals surface area contributed by atoms with E-state index in [9.17, 15) is 13.2 Å². The van der Waals surface area contributed by atoms with E-state index in [0.717, 1.165) is 24.8 Å². The van der Waals surface area contributed by atoms with Gasteiger partial charge in [0.2, 0.25) is 10.0 Å². The third kappa shape index (κ3) is 5.04. The minimum Gasteiger partial charge on any atom is -0.484 e. The second-order valence-electron chi connectivity index (χ2n) is 6.74. The molecule has 1 heterocycles. The van der Waals surface area contributed by atoms with Crippen LogP contribution in [0.3, 0.4) is 0 Å². The molecule has 0 bridgehead atoms. The third-order valence-electron chi connectivity index (χ3n) is 4.60. The topological polar surface area (TPSA) is 75.7 Å². The molecule has 0 aliphatic carbocycles. The minimum absolute atomic E-state index is 0.191. The van der Waals surface area contributed by atoms with E-state index < -0.39 is 10.0 Å². The van der Waals surface area contributed by atoms with E-state index >= 15 is 0 Å². The van der Waals surface area contributed by atoms with E-state index in [1.807, 2.05) is 13.0 Å². The number of carbonyl (C=O) groups excluding carboxylic acids is 1. The molecule has 1 saturated heterocycles. The van der Waals surface area contributed by atoms with Gasteiger partial charge in [-0.3, -0.25) is 4.79 Å². The summed E-state index contributed by atoms with van der Waals surface area (Å²) in [4.78, 5) is 12.3. The van der Waals surface area contributed by atoms with E-state index in [0.29, 0.717) is 29.5 Å². The first kappa shape index (κ1) is 20.6. The van der Waals surface area contributed by atoms with Gasteiger partial charge in [0.25, 0.3) is 5.91 Å². The van der Waals surface area contributed by atoms with E-state index in [4.69, 9.17) is 16.3 Å². The number of hydrogen-bond donors (Lipinski definition) is 1. The van der Waals surface area contributed by atoms with E-state index in [2.05, 4.69) is 5.32 Å². The Morgan fingerprint density at radius 1 is 1.11 bits per heavy atom. The lowest BCUT2D eigenvalue weighted by molar-refractivity contribution is -0.118. The highest BCUT2D eigenvalue weighted by Crippen LogP contribution is 2.23. The van der Waals surface area contributed by atoms with Crippen molar-refractivity contribution in [3.05, 3.63) is 53.1 Å². The quantitative estimate of drug-likeness (QED) is 0.767. The first-order valence-corrected chi connectivity index (χ1v) is 11.0. The lowest BCUT2D eigenvalue weighted by Crippen LogP contribution is -2.35. The van der Waals surface area contributed by atoms with E-state index in [1.165, 1.54) is 16.4 Å². The molecule has 28 heavy (non-hydrogen) atoms. The largest absolute Gasteiger partial charge is 0.484 e. The molecular formula is C20H23ClN2O4S. The first-order valence-electron chi connectivity index (χ1n) is 9.15. The number of nitrogens with zero attached hydrogens (tertiary/aromatic N) is 1. The molecule has 1 N–H and O–H groups in total. The molecule has 1 fully saturated rings. The summed E-state index contributed by atoms with van der Waals surface area (Å²) < 4.78 is 32.2. The summed E-state index contributed by atoms with van der Waals surface area (Å²) in [6.07, 6.45) is 2.85. The van der Waals surface area contributed by atoms with Gasteiger partial charge in [-0.1, -0.05) is 24.1 Å². The molecule has 1 aliphatic heterocycles. The van der Waals surface area contributed by atoms with Crippen LogP contribution in [0.2, 0.25) is 5.02 Å². The summed E-state index contributed by atoms with van der Waals surface area (Å²) in [5, 5.41) is 3.28. The summed E-state index contributed by atoms with van der Waals surface area (Å²) in [6, 6.07) is 11.4. The van der Waals surface area contributed by atoms with Crippen LogP contribution in [0, 0.1) is 6.92 Å². The van der Waals surface area contributed by atoms with Crippen LogP contribution in [0.5, 0.6) is 5.75 Å². The summed E-state index contributed by atoms with van der Waals surface area (Å²) in [6.45, 7) is 2.81. The molecule has 0 saturated carbocycles. The maximum Gasteiger partial charge on any atom is 0.262 e. The van der Waals surface area contributed by atoms with Gasteiger partial charge in [0.1, 0.15) is 5.75 Å². The number of aryl methyl sites for hydroxylation is 1. The number of hydrogen-bond acceptors (Lipinski definition) is 4. The molecule has 0 spiro atoms. The number of carbonyl (C=O) groups is 1. The zero-order chi connectivity index (χ0) is 20.1. The first-order chi connectivity index (χ1) is 13.4. The van der Waals surface area contributed by atoms with Crippen molar-refractivity contribution < 1.29 is 17.9 Å². The highest BCUT2D eigenvalue weighted by atomic mass is 35.5. The average molecular weight is 423 g/mol. The Morgan fingerprint density at radius 2 is 1.79 bits per heavy atom. The van der Waals surface area contributed by atoms with Gasteiger partial charge in [-0.05, 0) is 61.7 Å². The number of halogens is 1. The van der Waals surface area contributed by atoms with Gasteiger partial charge in [0, 0.05) is 23.8 Å². The molecule has 150 valence electrons. The highest BCUT2D eigenvalue weighted by molar-refractivity contribution is 7.89. The molecule has 1 amide bonds. The predicted molar refractivity (Wildman–Crippen MR) is 109 cm³/mol. The Hall–Kier alpha value is -2.09. The van der Waals surface area contributed by atoms with Crippen molar-refractivity contribution in [2.75, 3.05) is 25.0 Å². The van der Waals surface area contributed by atoms with Crippen molar-refractivity contribution in [3.63, 3.8) is 0 Å². The number of benzene rings is 2. The number of ether oxygens (including phenoxy) is 1. The molecule has 2 aromatic rings. The van der Waals surface area contributed by atoms with Crippen LogP contribution >= 0.6 is 11.6 Å². The van der Waals surface area contributed by atoms with Crippen molar-refractivity contribution >= 4 is 33.2 Å². The second kappa shape index (κ2) is 8.94.